The second kappa shape index (κ2) is 11.5. The van der Waals surface area contributed by atoms with Crippen LogP contribution in [0, 0.1) is 0 Å². The monoisotopic (exact) mass is 360 g/mol. The van der Waals surface area contributed by atoms with E-state index >= 15 is 0 Å². The first-order valence-electron chi connectivity index (χ1n) is 4.99. The molecule has 0 heterocycles. The summed E-state index contributed by atoms with van der Waals surface area (Å²) in [5.41, 5.74) is 0. The summed E-state index contributed by atoms with van der Waals surface area (Å²) in [7, 11) is 1.62. The molecule has 0 aromatic heterocycles. The van der Waals surface area contributed by atoms with Crippen molar-refractivity contribution in [2.45, 2.75) is 13.3 Å². The Morgan fingerprint density at radius 2 is 1.88 bits per heavy atom. The molecule has 0 radical (unpaired) electrons. The molecule has 0 rings (SSSR count). The Morgan fingerprint density at radius 3 is 2.44 bits per heavy atom. The molecule has 7 heteroatoms. The average Bonchev–Trinajstić information content (AvgIpc) is 2.24. The van der Waals surface area contributed by atoms with Crippen molar-refractivity contribution in [3.05, 3.63) is 0 Å². The van der Waals surface area contributed by atoms with E-state index in [4.69, 9.17) is 4.74 Å². The van der Waals surface area contributed by atoms with E-state index in [2.05, 4.69) is 31.8 Å². The van der Waals surface area contributed by atoms with E-state index < -0.39 is 0 Å². The third-order valence-electron chi connectivity index (χ3n) is 1.60. The van der Waals surface area contributed by atoms with E-state index in [0.717, 1.165) is 5.75 Å². The first kappa shape index (κ1) is 16.0. The summed E-state index contributed by atoms with van der Waals surface area (Å²) < 4.78 is 5.20. The van der Waals surface area contributed by atoms with E-state index in [1.54, 1.807) is 8.93 Å². The molecule has 2 N–H and O–H groups in total. The molecular formula is C9H17IN2O3S. The number of ether oxygens (including phenoxy) is 1. The van der Waals surface area contributed by atoms with Gasteiger partial charge in [-0.05, 0) is 21.2 Å². The molecule has 2 amide bonds. The number of amides is 2. The molecule has 0 saturated carbocycles. The molecule has 0 fully saturated rings. The molecule has 0 atom stereocenters. The van der Waals surface area contributed by atoms with Crippen molar-refractivity contribution in [2.75, 3.05) is 32.1 Å². The Hall–Kier alpha value is -0.0200. The summed E-state index contributed by atoms with van der Waals surface area (Å²) in [6.07, 6.45) is 0.541. The second-order valence-electron chi connectivity index (χ2n) is 3.01. The van der Waals surface area contributed by atoms with Gasteiger partial charge >= 0.3 is 0 Å². The fourth-order valence-corrected chi connectivity index (χ4v) is 1.81. The summed E-state index contributed by atoms with van der Waals surface area (Å²) in [6.45, 7) is 3.44. The van der Waals surface area contributed by atoms with Crippen molar-refractivity contribution >= 4 is 42.0 Å². The molecule has 0 aromatic carbocycles. The van der Waals surface area contributed by atoms with Crippen LogP contribution in [0.5, 0.6) is 0 Å². The minimum Gasteiger partial charge on any atom is -0.378 e. The largest absolute Gasteiger partial charge is 0.378 e. The highest BCUT2D eigenvalue weighted by Gasteiger charge is 1.99. The average molecular weight is 360 g/mol. The van der Waals surface area contributed by atoms with Crippen molar-refractivity contribution in [3.8, 4) is 0 Å². The lowest BCUT2D eigenvalue weighted by molar-refractivity contribution is -0.121. The van der Waals surface area contributed by atoms with Crippen LogP contribution in [0.15, 0.2) is 0 Å². The van der Waals surface area contributed by atoms with E-state index in [9.17, 15) is 9.59 Å². The molecule has 0 aromatic rings. The summed E-state index contributed by atoms with van der Waals surface area (Å²) in [4.78, 5) is 21.6. The SMILES string of the molecule is CC(=O)NCCOCCNC(=O)CCSI. The minimum atomic E-state index is -0.0619. The molecule has 0 unspecified atom stereocenters. The van der Waals surface area contributed by atoms with Gasteiger partial charge < -0.3 is 15.4 Å². The zero-order valence-electron chi connectivity index (χ0n) is 9.25. The number of carbonyl (C=O) groups excluding carboxylic acids is 2. The van der Waals surface area contributed by atoms with Crippen LogP contribution in [0.1, 0.15) is 13.3 Å². The van der Waals surface area contributed by atoms with Crippen molar-refractivity contribution in [2.24, 2.45) is 0 Å². The van der Waals surface area contributed by atoms with Crippen LogP contribution in [0.25, 0.3) is 0 Å². The highest BCUT2D eigenvalue weighted by molar-refractivity contribution is 14.2. The smallest absolute Gasteiger partial charge is 0.220 e. The first-order valence-corrected chi connectivity index (χ1v) is 8.52. The van der Waals surface area contributed by atoms with E-state index in [-0.39, 0.29) is 11.8 Å². The maximum Gasteiger partial charge on any atom is 0.220 e. The zero-order valence-corrected chi connectivity index (χ0v) is 12.2. The molecular weight excluding hydrogens is 343 g/mol. The quantitative estimate of drug-likeness (QED) is 0.470. The molecule has 16 heavy (non-hydrogen) atoms. The van der Waals surface area contributed by atoms with Gasteiger partial charge in [-0.25, -0.2) is 0 Å². The Bertz CT molecular complexity index is 217. The molecule has 0 spiro atoms. The van der Waals surface area contributed by atoms with Crippen LogP contribution in [0.3, 0.4) is 0 Å². The Balaban J connectivity index is 3.14. The van der Waals surface area contributed by atoms with Gasteiger partial charge in [-0.1, -0.05) is 8.93 Å². The van der Waals surface area contributed by atoms with Crippen LogP contribution < -0.4 is 10.6 Å². The molecule has 5 nitrogen and oxygen atoms in total. The summed E-state index contributed by atoms with van der Waals surface area (Å²) >= 11 is 2.16. The molecule has 0 aliphatic carbocycles. The third kappa shape index (κ3) is 12.1. The minimum absolute atomic E-state index is 0.0506. The normalized spacial score (nSPS) is 9.88. The van der Waals surface area contributed by atoms with E-state index in [1.165, 1.54) is 6.92 Å². The van der Waals surface area contributed by atoms with E-state index in [0.29, 0.717) is 32.7 Å². The molecule has 0 aliphatic rings. The maximum absolute atomic E-state index is 11.1. The summed E-state index contributed by atoms with van der Waals surface area (Å²) in [5, 5.41) is 5.37. The Morgan fingerprint density at radius 1 is 1.25 bits per heavy atom. The van der Waals surface area contributed by atoms with Gasteiger partial charge in [-0.15, -0.1) is 0 Å². The van der Waals surface area contributed by atoms with Gasteiger partial charge in [0, 0.05) is 32.2 Å². The number of hydrogen-bond acceptors (Lipinski definition) is 4. The lowest BCUT2D eigenvalue weighted by atomic mass is 10.4. The molecule has 0 bridgehead atoms. The molecule has 0 aliphatic heterocycles. The van der Waals surface area contributed by atoms with Crippen molar-refractivity contribution in [1.82, 2.24) is 10.6 Å². The number of halogens is 1. The van der Waals surface area contributed by atoms with Gasteiger partial charge in [-0.3, -0.25) is 9.59 Å². The fourth-order valence-electron chi connectivity index (χ4n) is 0.884. The number of nitrogens with one attached hydrogen (secondary N) is 2. The lowest BCUT2D eigenvalue weighted by Crippen LogP contribution is -2.29. The maximum atomic E-state index is 11.1. The molecule has 94 valence electrons. The topological polar surface area (TPSA) is 67.4 Å². The standard InChI is InChI=1S/C9H17IN2O3S/c1-8(13)11-3-5-15-6-4-12-9(14)2-7-16-10/h2-7H2,1H3,(H,11,13)(H,12,14). The summed E-state index contributed by atoms with van der Waals surface area (Å²) in [6, 6.07) is 0. The molecule has 0 saturated heterocycles. The van der Waals surface area contributed by atoms with Gasteiger partial charge in [0.25, 0.3) is 0 Å². The predicted octanol–water partition coefficient (Wildman–Crippen LogP) is 0.729. The van der Waals surface area contributed by atoms with Crippen LogP contribution >= 0.6 is 30.1 Å². The van der Waals surface area contributed by atoms with E-state index in [1.807, 2.05) is 0 Å². The van der Waals surface area contributed by atoms with Gasteiger partial charge in [-0.2, -0.15) is 0 Å². The number of rotatable bonds is 9. The zero-order chi connectivity index (χ0) is 12.2. The number of carbonyl (C=O) groups is 2. The summed E-state index contributed by atoms with van der Waals surface area (Å²) in [5.74, 6) is 0.818. The van der Waals surface area contributed by atoms with Crippen LogP contribution in [0.2, 0.25) is 0 Å². The van der Waals surface area contributed by atoms with Gasteiger partial charge in [0.2, 0.25) is 11.8 Å². The fraction of sp³-hybridized carbons (Fsp3) is 0.778. The van der Waals surface area contributed by atoms with Crippen LogP contribution in [-0.2, 0) is 14.3 Å². The highest BCUT2D eigenvalue weighted by Crippen LogP contribution is 2.11. The van der Waals surface area contributed by atoms with Crippen molar-refractivity contribution < 1.29 is 14.3 Å². The Kier molecular flexibility index (Phi) is 11.5. The van der Waals surface area contributed by atoms with Gasteiger partial charge in [0.15, 0.2) is 0 Å². The third-order valence-corrected chi connectivity index (χ3v) is 3.27. The predicted molar refractivity (Wildman–Crippen MR) is 73.6 cm³/mol. The highest BCUT2D eigenvalue weighted by atomic mass is 127. The lowest BCUT2D eigenvalue weighted by Gasteiger charge is -2.06. The van der Waals surface area contributed by atoms with Gasteiger partial charge in [0.05, 0.1) is 13.2 Å². The van der Waals surface area contributed by atoms with Crippen LogP contribution in [0.4, 0.5) is 0 Å². The number of hydrogen-bond donors (Lipinski definition) is 2. The van der Waals surface area contributed by atoms with Crippen molar-refractivity contribution in [3.63, 3.8) is 0 Å². The Labute approximate surface area is 112 Å². The van der Waals surface area contributed by atoms with Crippen molar-refractivity contribution in [1.29, 1.82) is 0 Å². The van der Waals surface area contributed by atoms with Gasteiger partial charge in [0.1, 0.15) is 0 Å². The first-order chi connectivity index (χ1) is 7.66. The second-order valence-corrected chi connectivity index (χ2v) is 5.50. The van der Waals surface area contributed by atoms with Crippen LogP contribution in [-0.4, -0.2) is 43.9 Å².